The highest BCUT2D eigenvalue weighted by Crippen LogP contribution is 1.69. The Morgan fingerprint density at radius 3 is 1.64 bits per heavy atom. The number of nitrogens with zero attached hydrogens (tertiary/aromatic N) is 1. The number of carboxylic acids is 1. The van der Waals surface area contributed by atoms with Crippen molar-refractivity contribution >= 4 is 11.9 Å². The Morgan fingerprint density at radius 1 is 1.45 bits per heavy atom. The highest BCUT2D eigenvalue weighted by molar-refractivity contribution is 5.78. The van der Waals surface area contributed by atoms with Crippen molar-refractivity contribution in [3.63, 3.8) is 0 Å². The molecule has 0 spiro atoms. The molecule has 0 aliphatic rings. The normalized spacial score (nSPS) is 7.18. The SMILES string of the molecule is C=CC(=O)O.CC(=O)N(C)C. The fraction of sp³-hybridized carbons (Fsp3) is 0.429. The second-order valence-electron chi connectivity index (χ2n) is 1.96. The predicted molar refractivity (Wildman–Crippen MR) is 42.2 cm³/mol. The van der Waals surface area contributed by atoms with Crippen molar-refractivity contribution in [2.45, 2.75) is 6.92 Å². The van der Waals surface area contributed by atoms with E-state index in [2.05, 4.69) is 6.58 Å². The number of aliphatic carboxylic acids is 1. The summed E-state index contributed by atoms with van der Waals surface area (Å²) in [6.45, 7) is 4.49. The molecule has 0 rings (SSSR count). The lowest BCUT2D eigenvalue weighted by atomic mass is 10.7. The molecule has 0 radical (unpaired) electrons. The van der Waals surface area contributed by atoms with E-state index in [1.54, 1.807) is 14.1 Å². The monoisotopic (exact) mass is 159 g/mol. The van der Waals surface area contributed by atoms with E-state index in [0.717, 1.165) is 6.08 Å². The van der Waals surface area contributed by atoms with Crippen LogP contribution in [0.15, 0.2) is 12.7 Å². The molecule has 0 aliphatic carbocycles. The van der Waals surface area contributed by atoms with Crippen LogP contribution in [0.3, 0.4) is 0 Å². The van der Waals surface area contributed by atoms with Crippen LogP contribution in [0.25, 0.3) is 0 Å². The molecule has 1 N–H and O–H groups in total. The molecule has 0 fully saturated rings. The lowest BCUT2D eigenvalue weighted by Crippen LogP contribution is -2.17. The van der Waals surface area contributed by atoms with Gasteiger partial charge < -0.3 is 10.0 Å². The van der Waals surface area contributed by atoms with Gasteiger partial charge >= 0.3 is 5.97 Å². The second-order valence-corrected chi connectivity index (χ2v) is 1.96. The zero-order chi connectivity index (χ0) is 9.44. The molecular formula is C7H13NO3. The van der Waals surface area contributed by atoms with Gasteiger partial charge in [-0.1, -0.05) is 6.58 Å². The fourth-order valence-corrected chi connectivity index (χ4v) is 0. The Hall–Kier alpha value is -1.32. The van der Waals surface area contributed by atoms with Crippen LogP contribution in [0.2, 0.25) is 0 Å². The Balaban J connectivity index is 0. The van der Waals surface area contributed by atoms with Crippen molar-refractivity contribution in [3.8, 4) is 0 Å². The van der Waals surface area contributed by atoms with Gasteiger partial charge in [-0.15, -0.1) is 0 Å². The molecule has 0 atom stereocenters. The molecular weight excluding hydrogens is 146 g/mol. The van der Waals surface area contributed by atoms with Gasteiger partial charge in [0, 0.05) is 27.1 Å². The number of rotatable bonds is 1. The summed E-state index contributed by atoms with van der Waals surface area (Å²) >= 11 is 0. The Kier molecular flexibility index (Phi) is 7.64. The molecule has 11 heavy (non-hydrogen) atoms. The molecule has 0 bridgehead atoms. The van der Waals surface area contributed by atoms with Gasteiger partial charge in [-0.3, -0.25) is 4.79 Å². The number of hydrogen-bond donors (Lipinski definition) is 1. The Labute approximate surface area is 66.1 Å². The third kappa shape index (κ3) is 17.7. The molecule has 0 heterocycles. The molecule has 64 valence electrons. The fourth-order valence-electron chi connectivity index (χ4n) is 0. The number of amides is 1. The topological polar surface area (TPSA) is 57.6 Å². The zero-order valence-corrected chi connectivity index (χ0v) is 7.00. The van der Waals surface area contributed by atoms with Gasteiger partial charge in [0.05, 0.1) is 0 Å². The van der Waals surface area contributed by atoms with E-state index >= 15 is 0 Å². The average molecular weight is 159 g/mol. The van der Waals surface area contributed by atoms with Crippen molar-refractivity contribution in [2.24, 2.45) is 0 Å². The molecule has 0 unspecified atom stereocenters. The lowest BCUT2D eigenvalue weighted by molar-refractivity contribution is -0.131. The van der Waals surface area contributed by atoms with Crippen LogP contribution in [-0.4, -0.2) is 36.0 Å². The van der Waals surface area contributed by atoms with Crippen molar-refractivity contribution in [1.82, 2.24) is 4.90 Å². The first-order valence-electron chi connectivity index (χ1n) is 2.95. The van der Waals surface area contributed by atoms with Gasteiger partial charge in [-0.05, 0) is 0 Å². The summed E-state index contributed by atoms with van der Waals surface area (Å²) in [5.41, 5.74) is 0. The van der Waals surface area contributed by atoms with Crippen molar-refractivity contribution in [3.05, 3.63) is 12.7 Å². The molecule has 0 aliphatic heterocycles. The van der Waals surface area contributed by atoms with Gasteiger partial charge in [0.15, 0.2) is 0 Å². The first-order chi connectivity index (χ1) is 4.91. The maximum Gasteiger partial charge on any atom is 0.327 e. The maximum atomic E-state index is 10.1. The largest absolute Gasteiger partial charge is 0.478 e. The summed E-state index contributed by atoms with van der Waals surface area (Å²) in [6, 6.07) is 0. The van der Waals surface area contributed by atoms with Crippen LogP contribution in [0, 0.1) is 0 Å². The second kappa shape index (κ2) is 6.80. The van der Waals surface area contributed by atoms with E-state index < -0.39 is 5.97 Å². The highest BCUT2D eigenvalue weighted by atomic mass is 16.4. The molecule has 4 nitrogen and oxygen atoms in total. The first kappa shape index (κ1) is 12.4. The number of carboxylic acid groups (broad SMARTS) is 1. The van der Waals surface area contributed by atoms with E-state index in [9.17, 15) is 9.59 Å². The summed E-state index contributed by atoms with van der Waals surface area (Å²) in [5, 5.41) is 7.60. The van der Waals surface area contributed by atoms with Crippen LogP contribution in [0.1, 0.15) is 6.92 Å². The minimum atomic E-state index is -0.981. The zero-order valence-electron chi connectivity index (χ0n) is 7.00. The predicted octanol–water partition coefficient (Wildman–Crippen LogP) is 0.351. The molecule has 0 aromatic carbocycles. The standard InChI is InChI=1S/C4H9NO.C3H4O2/c1-4(6)5(2)3;1-2-3(4)5/h1-3H3;2H,1H2,(H,4,5). The molecule has 4 heteroatoms. The number of hydrogen-bond acceptors (Lipinski definition) is 2. The van der Waals surface area contributed by atoms with Crippen molar-refractivity contribution < 1.29 is 14.7 Å². The Morgan fingerprint density at radius 2 is 1.64 bits per heavy atom. The van der Waals surface area contributed by atoms with Gasteiger partial charge in [0.2, 0.25) is 5.91 Å². The third-order valence-corrected chi connectivity index (χ3v) is 0.804. The molecule has 1 amide bonds. The van der Waals surface area contributed by atoms with Crippen LogP contribution in [-0.2, 0) is 9.59 Å². The van der Waals surface area contributed by atoms with Gasteiger partial charge in [-0.25, -0.2) is 4.79 Å². The number of carbonyl (C=O) groups is 2. The molecule has 0 aromatic rings. The van der Waals surface area contributed by atoms with Gasteiger partial charge in [0.1, 0.15) is 0 Å². The lowest BCUT2D eigenvalue weighted by Gasteiger charge is -2.02. The molecule has 0 aromatic heterocycles. The molecule has 0 saturated heterocycles. The Bertz CT molecular complexity index is 152. The quantitative estimate of drug-likeness (QED) is 0.562. The van der Waals surface area contributed by atoms with Crippen LogP contribution >= 0.6 is 0 Å². The number of carbonyl (C=O) groups excluding carboxylic acids is 1. The van der Waals surface area contributed by atoms with E-state index in [-0.39, 0.29) is 5.91 Å². The van der Waals surface area contributed by atoms with E-state index in [0.29, 0.717) is 0 Å². The summed E-state index contributed by atoms with van der Waals surface area (Å²) < 4.78 is 0. The summed E-state index contributed by atoms with van der Waals surface area (Å²) in [7, 11) is 3.45. The van der Waals surface area contributed by atoms with Crippen LogP contribution in [0.5, 0.6) is 0 Å². The summed E-state index contributed by atoms with van der Waals surface area (Å²) in [4.78, 5) is 20.8. The minimum absolute atomic E-state index is 0.0926. The summed E-state index contributed by atoms with van der Waals surface area (Å²) in [6.07, 6.45) is 0.833. The van der Waals surface area contributed by atoms with E-state index in [4.69, 9.17) is 5.11 Å². The summed E-state index contributed by atoms with van der Waals surface area (Å²) in [5.74, 6) is -0.889. The van der Waals surface area contributed by atoms with Gasteiger partial charge in [0.25, 0.3) is 0 Å². The highest BCUT2D eigenvalue weighted by Gasteiger charge is 1.87. The van der Waals surface area contributed by atoms with E-state index in [1.165, 1.54) is 11.8 Å². The molecule has 0 saturated carbocycles. The maximum absolute atomic E-state index is 10.1. The van der Waals surface area contributed by atoms with Crippen molar-refractivity contribution in [2.75, 3.05) is 14.1 Å². The smallest absolute Gasteiger partial charge is 0.327 e. The van der Waals surface area contributed by atoms with E-state index in [1.807, 2.05) is 0 Å². The minimum Gasteiger partial charge on any atom is -0.478 e. The first-order valence-corrected chi connectivity index (χ1v) is 2.95. The van der Waals surface area contributed by atoms with Gasteiger partial charge in [-0.2, -0.15) is 0 Å². The van der Waals surface area contributed by atoms with Crippen LogP contribution < -0.4 is 0 Å². The third-order valence-electron chi connectivity index (χ3n) is 0.804. The van der Waals surface area contributed by atoms with Crippen molar-refractivity contribution in [1.29, 1.82) is 0 Å². The van der Waals surface area contributed by atoms with Crippen LogP contribution in [0.4, 0.5) is 0 Å². The average Bonchev–Trinajstić information content (AvgIpc) is 1.89.